The summed E-state index contributed by atoms with van der Waals surface area (Å²) in [6.07, 6.45) is 4.66. The molecule has 3 nitrogen and oxygen atoms in total. The van der Waals surface area contributed by atoms with Gasteiger partial charge in [-0.1, -0.05) is 13.8 Å². The predicted octanol–water partition coefficient (Wildman–Crippen LogP) is 1.77. The summed E-state index contributed by atoms with van der Waals surface area (Å²) in [6.45, 7) is 7.34. The maximum Gasteiger partial charge on any atom is 0.0462 e. The lowest BCUT2D eigenvalue weighted by Gasteiger charge is -2.13. The average molecular weight is 216 g/mol. The van der Waals surface area contributed by atoms with Gasteiger partial charge in [-0.05, 0) is 38.1 Å². The zero-order valence-corrected chi connectivity index (χ0v) is 10.6. The van der Waals surface area contributed by atoms with Crippen LogP contribution in [0.3, 0.4) is 0 Å². The topological polar surface area (TPSA) is 47.3 Å². The van der Waals surface area contributed by atoms with Gasteiger partial charge in [-0.25, -0.2) is 0 Å². The molecule has 0 saturated heterocycles. The highest BCUT2D eigenvalue weighted by Crippen LogP contribution is 2.04. The van der Waals surface area contributed by atoms with Gasteiger partial charge in [0.05, 0.1) is 0 Å². The summed E-state index contributed by atoms with van der Waals surface area (Å²) in [5.41, 5.74) is 5.98. The molecule has 0 fully saturated rings. The maximum atomic E-state index is 5.98. The molecule has 92 valence electrons. The first kappa shape index (κ1) is 14.9. The zero-order valence-electron chi connectivity index (χ0n) is 10.6. The standard InChI is InChI=1S/C12H28N2O/c1-11(2)6-7-12(13)10-14-8-4-5-9-15-3/h11-12,14H,4-10,13H2,1-3H3. The van der Waals surface area contributed by atoms with E-state index in [0.717, 1.165) is 38.5 Å². The van der Waals surface area contributed by atoms with Crippen molar-refractivity contribution in [2.45, 2.75) is 45.6 Å². The normalized spacial score (nSPS) is 13.4. The summed E-state index contributed by atoms with van der Waals surface area (Å²) in [4.78, 5) is 0. The third kappa shape index (κ3) is 11.8. The molecule has 0 aromatic heterocycles. The minimum Gasteiger partial charge on any atom is -0.385 e. The van der Waals surface area contributed by atoms with Crippen molar-refractivity contribution in [2.75, 3.05) is 26.8 Å². The van der Waals surface area contributed by atoms with Crippen LogP contribution in [0.4, 0.5) is 0 Å². The second-order valence-electron chi connectivity index (χ2n) is 4.64. The number of hydrogen-bond acceptors (Lipinski definition) is 3. The van der Waals surface area contributed by atoms with Crippen molar-refractivity contribution in [1.29, 1.82) is 0 Å². The molecule has 1 atom stereocenters. The highest BCUT2D eigenvalue weighted by atomic mass is 16.5. The van der Waals surface area contributed by atoms with Crippen molar-refractivity contribution < 1.29 is 4.74 Å². The summed E-state index contributed by atoms with van der Waals surface area (Å²) >= 11 is 0. The van der Waals surface area contributed by atoms with Gasteiger partial charge in [0.1, 0.15) is 0 Å². The van der Waals surface area contributed by atoms with Gasteiger partial charge in [0.15, 0.2) is 0 Å². The highest BCUT2D eigenvalue weighted by molar-refractivity contribution is 4.65. The Labute approximate surface area is 94.8 Å². The first-order valence-electron chi connectivity index (χ1n) is 6.12. The Hall–Kier alpha value is -0.120. The SMILES string of the molecule is COCCCCNCC(N)CCC(C)C. The van der Waals surface area contributed by atoms with Crippen molar-refractivity contribution in [3.63, 3.8) is 0 Å². The van der Waals surface area contributed by atoms with Crippen LogP contribution in [0, 0.1) is 5.92 Å². The lowest BCUT2D eigenvalue weighted by atomic mass is 10.0. The van der Waals surface area contributed by atoms with Gasteiger partial charge in [-0.15, -0.1) is 0 Å². The molecule has 0 aliphatic carbocycles. The van der Waals surface area contributed by atoms with Crippen molar-refractivity contribution >= 4 is 0 Å². The number of rotatable bonds is 10. The van der Waals surface area contributed by atoms with Crippen LogP contribution in [0.5, 0.6) is 0 Å². The molecule has 0 bridgehead atoms. The van der Waals surface area contributed by atoms with Crippen molar-refractivity contribution in [2.24, 2.45) is 11.7 Å². The second-order valence-corrected chi connectivity index (χ2v) is 4.64. The smallest absolute Gasteiger partial charge is 0.0462 e. The largest absolute Gasteiger partial charge is 0.385 e. The Bertz CT molecular complexity index is 129. The number of nitrogens with one attached hydrogen (secondary N) is 1. The molecule has 0 rings (SSSR count). The number of methoxy groups -OCH3 is 1. The summed E-state index contributed by atoms with van der Waals surface area (Å²) in [5.74, 6) is 0.762. The third-order valence-electron chi connectivity index (χ3n) is 2.47. The number of hydrogen-bond donors (Lipinski definition) is 2. The molecule has 0 aliphatic heterocycles. The van der Waals surface area contributed by atoms with Crippen LogP contribution in [-0.2, 0) is 4.74 Å². The van der Waals surface area contributed by atoms with Gasteiger partial charge in [0, 0.05) is 26.3 Å². The van der Waals surface area contributed by atoms with Gasteiger partial charge < -0.3 is 15.8 Å². The van der Waals surface area contributed by atoms with Crippen LogP contribution >= 0.6 is 0 Å². The molecule has 0 aromatic carbocycles. The van der Waals surface area contributed by atoms with E-state index < -0.39 is 0 Å². The maximum absolute atomic E-state index is 5.98. The van der Waals surface area contributed by atoms with Gasteiger partial charge in [0.25, 0.3) is 0 Å². The molecule has 0 aliphatic rings. The van der Waals surface area contributed by atoms with E-state index in [1.807, 2.05) is 0 Å². The van der Waals surface area contributed by atoms with Crippen LogP contribution in [0.25, 0.3) is 0 Å². The molecule has 0 heterocycles. The molecule has 0 radical (unpaired) electrons. The Morgan fingerprint density at radius 2 is 1.93 bits per heavy atom. The Morgan fingerprint density at radius 1 is 1.20 bits per heavy atom. The zero-order chi connectivity index (χ0) is 11.5. The van der Waals surface area contributed by atoms with E-state index in [-0.39, 0.29) is 0 Å². The van der Waals surface area contributed by atoms with Crippen LogP contribution < -0.4 is 11.1 Å². The van der Waals surface area contributed by atoms with E-state index in [4.69, 9.17) is 10.5 Å². The Morgan fingerprint density at radius 3 is 2.53 bits per heavy atom. The number of nitrogens with two attached hydrogens (primary N) is 1. The minimum atomic E-state index is 0.315. The molecule has 15 heavy (non-hydrogen) atoms. The number of ether oxygens (including phenoxy) is 1. The van der Waals surface area contributed by atoms with E-state index >= 15 is 0 Å². The summed E-state index contributed by atoms with van der Waals surface area (Å²) in [6, 6.07) is 0.315. The predicted molar refractivity (Wildman–Crippen MR) is 66.0 cm³/mol. The van der Waals surface area contributed by atoms with E-state index in [1.165, 1.54) is 12.8 Å². The third-order valence-corrected chi connectivity index (χ3v) is 2.47. The van der Waals surface area contributed by atoms with Crippen molar-refractivity contribution in [3.8, 4) is 0 Å². The second kappa shape index (κ2) is 10.4. The lowest BCUT2D eigenvalue weighted by Crippen LogP contribution is -2.34. The van der Waals surface area contributed by atoms with Crippen LogP contribution in [0.2, 0.25) is 0 Å². The highest BCUT2D eigenvalue weighted by Gasteiger charge is 2.03. The van der Waals surface area contributed by atoms with Gasteiger partial charge in [-0.2, -0.15) is 0 Å². The number of unbranched alkanes of at least 4 members (excludes halogenated alkanes) is 1. The van der Waals surface area contributed by atoms with Crippen LogP contribution in [0.1, 0.15) is 39.5 Å². The monoisotopic (exact) mass is 216 g/mol. The molecule has 3 N–H and O–H groups in total. The fourth-order valence-corrected chi connectivity index (χ4v) is 1.43. The average Bonchev–Trinajstić information content (AvgIpc) is 2.20. The molecule has 0 spiro atoms. The molecule has 0 saturated carbocycles. The van der Waals surface area contributed by atoms with Crippen LogP contribution in [0.15, 0.2) is 0 Å². The fraction of sp³-hybridized carbons (Fsp3) is 1.00. The van der Waals surface area contributed by atoms with Gasteiger partial charge in [0.2, 0.25) is 0 Å². The summed E-state index contributed by atoms with van der Waals surface area (Å²) in [7, 11) is 1.75. The lowest BCUT2D eigenvalue weighted by molar-refractivity contribution is 0.192. The fourth-order valence-electron chi connectivity index (χ4n) is 1.43. The van der Waals surface area contributed by atoms with Gasteiger partial charge in [-0.3, -0.25) is 0 Å². The van der Waals surface area contributed by atoms with Crippen molar-refractivity contribution in [3.05, 3.63) is 0 Å². The van der Waals surface area contributed by atoms with E-state index in [9.17, 15) is 0 Å². The molecule has 1 unspecified atom stereocenters. The van der Waals surface area contributed by atoms with E-state index in [1.54, 1.807) is 7.11 Å². The Balaban J connectivity index is 3.13. The quantitative estimate of drug-likeness (QED) is 0.547. The Kier molecular flexibility index (Phi) is 10.3. The molecular weight excluding hydrogens is 188 g/mol. The molecule has 0 amide bonds. The van der Waals surface area contributed by atoms with Crippen molar-refractivity contribution in [1.82, 2.24) is 5.32 Å². The molecular formula is C12H28N2O. The first-order chi connectivity index (χ1) is 7.16. The van der Waals surface area contributed by atoms with E-state index in [2.05, 4.69) is 19.2 Å². The van der Waals surface area contributed by atoms with Crippen LogP contribution in [-0.4, -0.2) is 32.8 Å². The molecule has 3 heteroatoms. The van der Waals surface area contributed by atoms with Gasteiger partial charge >= 0.3 is 0 Å². The first-order valence-corrected chi connectivity index (χ1v) is 6.12. The minimum absolute atomic E-state index is 0.315. The summed E-state index contributed by atoms with van der Waals surface area (Å²) < 4.78 is 4.98. The summed E-state index contributed by atoms with van der Waals surface area (Å²) in [5, 5.41) is 3.39. The van der Waals surface area contributed by atoms with E-state index in [0.29, 0.717) is 6.04 Å². The molecule has 0 aromatic rings.